The maximum absolute atomic E-state index is 13.1. The van der Waals surface area contributed by atoms with Gasteiger partial charge in [0, 0.05) is 32.2 Å². The van der Waals surface area contributed by atoms with E-state index in [0.717, 1.165) is 19.4 Å². The summed E-state index contributed by atoms with van der Waals surface area (Å²) < 4.78 is 5.82. The van der Waals surface area contributed by atoms with Crippen molar-refractivity contribution in [3.8, 4) is 0 Å². The number of hydrogen-bond donors (Lipinski definition) is 2. The molecule has 2 saturated heterocycles. The number of ether oxygens (including phenoxy) is 1. The number of amides is 1. The lowest BCUT2D eigenvalue weighted by atomic mass is 9.90. The van der Waals surface area contributed by atoms with Gasteiger partial charge in [-0.2, -0.15) is 0 Å². The van der Waals surface area contributed by atoms with Crippen molar-refractivity contribution in [1.82, 2.24) is 19.8 Å². The topological polar surface area (TPSA) is 105 Å². The van der Waals surface area contributed by atoms with Crippen LogP contribution < -0.4 is 11.3 Å². The van der Waals surface area contributed by atoms with Gasteiger partial charge in [-0.3, -0.25) is 14.5 Å². The van der Waals surface area contributed by atoms with Gasteiger partial charge in [0.25, 0.3) is 11.5 Å². The lowest BCUT2D eigenvalue weighted by Crippen LogP contribution is -2.57. The van der Waals surface area contributed by atoms with Crippen LogP contribution in [-0.4, -0.2) is 70.6 Å². The summed E-state index contributed by atoms with van der Waals surface area (Å²) in [5.74, 6) is 1.04. The van der Waals surface area contributed by atoms with Gasteiger partial charge in [-0.05, 0) is 30.9 Å². The number of nitrogens with zero attached hydrogens (tertiary/aromatic N) is 3. The van der Waals surface area contributed by atoms with Crippen molar-refractivity contribution in [2.45, 2.75) is 38.5 Å². The average Bonchev–Trinajstić information content (AvgIpc) is 2.73. The minimum Gasteiger partial charge on any atom is -0.366 e. The summed E-state index contributed by atoms with van der Waals surface area (Å²) in [6, 6.07) is 7.38. The zero-order valence-corrected chi connectivity index (χ0v) is 16.8. The Morgan fingerprint density at radius 1 is 1.34 bits per heavy atom. The summed E-state index contributed by atoms with van der Waals surface area (Å²) in [6.07, 6.45) is 1.60. The molecule has 2 aromatic rings. The highest BCUT2D eigenvalue weighted by Crippen LogP contribution is 2.24. The molecule has 156 valence electrons. The Morgan fingerprint density at radius 2 is 2.17 bits per heavy atom. The summed E-state index contributed by atoms with van der Waals surface area (Å²) in [5.41, 5.74) is 6.49. The summed E-state index contributed by atoms with van der Waals surface area (Å²) in [4.78, 5) is 36.9. The number of nitrogens with one attached hydrogen (secondary N) is 1. The lowest BCUT2D eigenvalue weighted by molar-refractivity contribution is -0.154. The van der Waals surface area contributed by atoms with Crippen LogP contribution in [0.15, 0.2) is 29.1 Å². The van der Waals surface area contributed by atoms with Crippen molar-refractivity contribution in [2.75, 3.05) is 32.8 Å². The van der Waals surface area contributed by atoms with Crippen LogP contribution in [0.2, 0.25) is 0 Å². The van der Waals surface area contributed by atoms with E-state index in [1.807, 2.05) is 23.1 Å². The molecular weight excluding hydrogens is 370 g/mol. The molecule has 0 aliphatic carbocycles. The van der Waals surface area contributed by atoms with Gasteiger partial charge in [0.2, 0.25) is 0 Å². The van der Waals surface area contributed by atoms with E-state index in [1.165, 1.54) is 0 Å². The third-order valence-electron chi connectivity index (χ3n) is 6.10. The van der Waals surface area contributed by atoms with Gasteiger partial charge in [0.15, 0.2) is 0 Å². The average molecular weight is 399 g/mol. The van der Waals surface area contributed by atoms with Crippen molar-refractivity contribution in [1.29, 1.82) is 0 Å². The largest absolute Gasteiger partial charge is 0.366 e. The maximum atomic E-state index is 13.1. The maximum Gasteiger partial charge on any atom is 0.258 e. The van der Waals surface area contributed by atoms with Crippen molar-refractivity contribution in [3.05, 3.63) is 40.4 Å². The molecule has 2 aliphatic rings. The second kappa shape index (κ2) is 8.61. The fourth-order valence-electron chi connectivity index (χ4n) is 4.48. The molecule has 1 aromatic carbocycles. The first-order chi connectivity index (χ1) is 14.1. The van der Waals surface area contributed by atoms with Crippen molar-refractivity contribution in [3.63, 3.8) is 0 Å². The number of nitrogens with two attached hydrogens (primary N) is 1. The quantitative estimate of drug-likeness (QED) is 0.785. The highest BCUT2D eigenvalue weighted by Gasteiger charge is 2.36. The standard InChI is InChI=1S/C21H29N5O3/c1-14-5-4-8-26(17(14)11-22)21(28)18-12-25(9-10-29-18)13-19-23-16-7-3-2-6-15(16)20(27)24-19/h2-3,6-7,14,17-18H,4-5,8-13,22H2,1H3,(H,23,24,27)/t14-,17+,18-/m1/s1. The summed E-state index contributed by atoms with van der Waals surface area (Å²) >= 11 is 0. The molecule has 8 nitrogen and oxygen atoms in total. The SMILES string of the molecule is C[C@@H]1CCCN(C(=O)[C@H]2CN(Cc3nc4ccccc4c(=O)[nH]3)CCO2)[C@H]1CN. The normalized spacial score (nSPS) is 26.0. The minimum absolute atomic E-state index is 0.0247. The molecule has 2 fully saturated rings. The van der Waals surface area contributed by atoms with E-state index in [9.17, 15) is 9.59 Å². The molecule has 0 bridgehead atoms. The number of aromatic amines is 1. The van der Waals surface area contributed by atoms with Crippen LogP contribution in [0.3, 0.4) is 0 Å². The van der Waals surface area contributed by atoms with E-state index < -0.39 is 6.10 Å². The van der Waals surface area contributed by atoms with Gasteiger partial charge in [-0.15, -0.1) is 0 Å². The zero-order chi connectivity index (χ0) is 20.4. The van der Waals surface area contributed by atoms with Crippen LogP contribution in [0.25, 0.3) is 10.9 Å². The molecule has 0 saturated carbocycles. The van der Waals surface area contributed by atoms with E-state index in [4.69, 9.17) is 10.5 Å². The van der Waals surface area contributed by atoms with Gasteiger partial charge in [0.1, 0.15) is 11.9 Å². The van der Waals surface area contributed by atoms with Crippen molar-refractivity contribution in [2.24, 2.45) is 11.7 Å². The van der Waals surface area contributed by atoms with Crippen molar-refractivity contribution >= 4 is 16.8 Å². The molecule has 0 spiro atoms. The Morgan fingerprint density at radius 3 is 3.00 bits per heavy atom. The second-order valence-corrected chi connectivity index (χ2v) is 8.08. The zero-order valence-electron chi connectivity index (χ0n) is 16.8. The molecular formula is C21H29N5O3. The smallest absolute Gasteiger partial charge is 0.258 e. The third-order valence-corrected chi connectivity index (χ3v) is 6.10. The molecule has 4 rings (SSSR count). The number of benzene rings is 1. The minimum atomic E-state index is -0.504. The predicted molar refractivity (Wildman–Crippen MR) is 110 cm³/mol. The number of aromatic nitrogens is 2. The van der Waals surface area contributed by atoms with Gasteiger partial charge < -0.3 is 20.4 Å². The monoisotopic (exact) mass is 399 g/mol. The van der Waals surface area contributed by atoms with Crippen LogP contribution >= 0.6 is 0 Å². The molecule has 3 heterocycles. The number of carbonyl (C=O) groups is 1. The molecule has 29 heavy (non-hydrogen) atoms. The van der Waals surface area contributed by atoms with Gasteiger partial charge in [-0.25, -0.2) is 4.98 Å². The molecule has 8 heteroatoms. The summed E-state index contributed by atoms with van der Waals surface area (Å²) in [7, 11) is 0. The van der Waals surface area contributed by atoms with Crippen LogP contribution in [0.5, 0.6) is 0 Å². The Bertz CT molecular complexity index is 930. The van der Waals surface area contributed by atoms with Gasteiger partial charge in [0.05, 0.1) is 24.1 Å². The van der Waals surface area contributed by atoms with E-state index in [1.54, 1.807) is 6.07 Å². The first-order valence-corrected chi connectivity index (χ1v) is 10.4. The Hall–Kier alpha value is -2.29. The molecule has 0 radical (unpaired) electrons. The highest BCUT2D eigenvalue weighted by atomic mass is 16.5. The van der Waals surface area contributed by atoms with E-state index >= 15 is 0 Å². The molecule has 1 aromatic heterocycles. The number of morpholine rings is 1. The Kier molecular flexibility index (Phi) is 5.94. The molecule has 1 amide bonds. The van der Waals surface area contributed by atoms with Crippen LogP contribution in [-0.2, 0) is 16.1 Å². The number of fused-ring (bicyclic) bond motifs is 1. The van der Waals surface area contributed by atoms with Gasteiger partial charge in [-0.1, -0.05) is 19.1 Å². The van der Waals surface area contributed by atoms with E-state index in [0.29, 0.717) is 55.4 Å². The third kappa shape index (κ3) is 4.19. The number of H-pyrrole nitrogens is 1. The van der Waals surface area contributed by atoms with Crippen molar-refractivity contribution < 1.29 is 9.53 Å². The second-order valence-electron chi connectivity index (χ2n) is 8.08. The van der Waals surface area contributed by atoms with Crippen LogP contribution in [0, 0.1) is 5.92 Å². The number of carbonyl (C=O) groups excluding carboxylic acids is 1. The summed E-state index contributed by atoms with van der Waals surface area (Å²) in [5, 5.41) is 0.582. The number of rotatable bonds is 4. The Balaban J connectivity index is 1.46. The fourth-order valence-corrected chi connectivity index (χ4v) is 4.48. The molecule has 3 atom stereocenters. The lowest BCUT2D eigenvalue weighted by Gasteiger charge is -2.42. The molecule has 2 aliphatic heterocycles. The van der Waals surface area contributed by atoms with E-state index in [2.05, 4.69) is 21.8 Å². The Labute approximate surface area is 170 Å². The summed E-state index contributed by atoms with van der Waals surface area (Å²) in [6.45, 7) is 5.51. The first-order valence-electron chi connectivity index (χ1n) is 10.4. The number of para-hydroxylation sites is 1. The van der Waals surface area contributed by atoms with Crippen LogP contribution in [0.1, 0.15) is 25.6 Å². The van der Waals surface area contributed by atoms with Crippen LogP contribution in [0.4, 0.5) is 0 Å². The molecule has 0 unspecified atom stereocenters. The number of likely N-dealkylation sites (tertiary alicyclic amines) is 1. The van der Waals surface area contributed by atoms with Gasteiger partial charge >= 0.3 is 0 Å². The molecule has 3 N–H and O–H groups in total. The van der Waals surface area contributed by atoms with E-state index in [-0.39, 0.29) is 17.5 Å². The number of hydrogen-bond acceptors (Lipinski definition) is 6. The first kappa shape index (κ1) is 20.0. The predicted octanol–water partition coefficient (Wildman–Crippen LogP) is 0.710. The fraction of sp³-hybridized carbons (Fsp3) is 0.571. The highest BCUT2D eigenvalue weighted by molar-refractivity contribution is 5.82. The number of piperidine rings is 1.